The molecule has 0 N–H and O–H groups in total. The first-order valence-electron chi connectivity index (χ1n) is 7.05. The minimum atomic E-state index is -3.56. The van der Waals surface area contributed by atoms with Crippen molar-refractivity contribution in [1.29, 1.82) is 0 Å². The number of nitrogens with zero attached hydrogens (tertiary/aromatic N) is 1. The highest BCUT2D eigenvalue weighted by atomic mass is 35.5. The van der Waals surface area contributed by atoms with Gasteiger partial charge in [0, 0.05) is 17.3 Å². The van der Waals surface area contributed by atoms with Crippen molar-refractivity contribution in [2.75, 3.05) is 19.4 Å². The quantitative estimate of drug-likeness (QED) is 0.822. The van der Waals surface area contributed by atoms with Crippen LogP contribution in [0.1, 0.15) is 10.9 Å². The zero-order valence-corrected chi connectivity index (χ0v) is 14.9. The van der Waals surface area contributed by atoms with E-state index in [9.17, 15) is 8.42 Å². The van der Waals surface area contributed by atoms with Gasteiger partial charge in [-0.2, -0.15) is 4.31 Å². The van der Waals surface area contributed by atoms with Crippen molar-refractivity contribution in [2.24, 2.45) is 0 Å². The van der Waals surface area contributed by atoms with Gasteiger partial charge in [-0.05, 0) is 42.0 Å². The van der Waals surface area contributed by atoms with Crippen LogP contribution in [0, 0.1) is 0 Å². The molecule has 1 aliphatic rings. The lowest BCUT2D eigenvalue weighted by atomic mass is 10.2. The molecule has 7 heteroatoms. The minimum absolute atomic E-state index is 0.249. The third kappa shape index (κ3) is 3.35. The topological polar surface area (TPSA) is 46.6 Å². The molecule has 0 radical (unpaired) electrons. The maximum Gasteiger partial charge on any atom is 0.244 e. The third-order valence-electron chi connectivity index (χ3n) is 3.65. The van der Waals surface area contributed by atoms with Crippen molar-refractivity contribution in [2.45, 2.75) is 10.3 Å². The Morgan fingerprint density at radius 1 is 1.22 bits per heavy atom. The van der Waals surface area contributed by atoms with E-state index in [2.05, 4.69) is 0 Å². The van der Waals surface area contributed by atoms with Crippen molar-refractivity contribution in [3.63, 3.8) is 0 Å². The summed E-state index contributed by atoms with van der Waals surface area (Å²) < 4.78 is 32.5. The molecule has 0 aliphatic carbocycles. The highest BCUT2D eigenvalue weighted by molar-refractivity contribution is 8.01. The van der Waals surface area contributed by atoms with E-state index in [1.54, 1.807) is 49.2 Å². The van der Waals surface area contributed by atoms with Crippen LogP contribution in [-0.2, 0) is 10.0 Å². The van der Waals surface area contributed by atoms with Gasteiger partial charge < -0.3 is 4.74 Å². The second-order valence-electron chi connectivity index (χ2n) is 5.07. The molecule has 1 fully saturated rings. The van der Waals surface area contributed by atoms with Crippen molar-refractivity contribution in [3.05, 3.63) is 59.1 Å². The number of hydrogen-bond donors (Lipinski definition) is 0. The molecule has 2 aromatic carbocycles. The van der Waals surface area contributed by atoms with Gasteiger partial charge in [0.15, 0.2) is 0 Å². The Morgan fingerprint density at radius 3 is 2.61 bits per heavy atom. The van der Waals surface area contributed by atoms with E-state index in [4.69, 9.17) is 16.3 Å². The summed E-state index contributed by atoms with van der Waals surface area (Å²) in [5.41, 5.74) is 0.900. The molecule has 2 aromatic rings. The predicted octanol–water partition coefficient (Wildman–Crippen LogP) is 3.78. The monoisotopic (exact) mass is 369 g/mol. The molecule has 3 rings (SSSR count). The average molecular weight is 370 g/mol. The van der Waals surface area contributed by atoms with E-state index in [1.807, 2.05) is 18.2 Å². The Morgan fingerprint density at radius 2 is 1.96 bits per heavy atom. The molecular weight excluding hydrogens is 354 g/mol. The summed E-state index contributed by atoms with van der Waals surface area (Å²) in [5.74, 6) is 1.39. The molecule has 0 aromatic heterocycles. The van der Waals surface area contributed by atoms with E-state index >= 15 is 0 Å². The van der Waals surface area contributed by atoms with Crippen LogP contribution >= 0.6 is 23.4 Å². The summed E-state index contributed by atoms with van der Waals surface area (Å²) in [6, 6.07) is 13.8. The Labute approximate surface area is 145 Å². The molecule has 1 heterocycles. The third-order valence-corrected chi connectivity index (χ3v) is 7.16. The van der Waals surface area contributed by atoms with Crippen LogP contribution in [0.4, 0.5) is 0 Å². The molecule has 0 bridgehead atoms. The first kappa shape index (κ1) is 16.6. The van der Waals surface area contributed by atoms with Crippen LogP contribution in [0.2, 0.25) is 5.02 Å². The van der Waals surface area contributed by atoms with E-state index in [-0.39, 0.29) is 10.3 Å². The Kier molecular flexibility index (Phi) is 4.87. The number of thioether (sulfide) groups is 1. The number of rotatable bonds is 4. The fraction of sp³-hybridized carbons (Fsp3) is 0.250. The van der Waals surface area contributed by atoms with E-state index in [1.165, 1.54) is 4.31 Å². The Hall–Kier alpha value is -1.21. The predicted molar refractivity (Wildman–Crippen MR) is 93.5 cm³/mol. The lowest BCUT2D eigenvalue weighted by molar-refractivity contribution is 0.414. The second kappa shape index (κ2) is 6.73. The lowest BCUT2D eigenvalue weighted by Crippen LogP contribution is -2.30. The average Bonchev–Trinajstić information content (AvgIpc) is 3.05. The number of ether oxygens (including phenoxy) is 1. The first-order valence-corrected chi connectivity index (χ1v) is 9.92. The number of sulfonamides is 1. The molecule has 4 nitrogen and oxygen atoms in total. The molecule has 23 heavy (non-hydrogen) atoms. The molecular formula is C16H16ClNO3S2. The SMILES string of the molecule is COc1ccc(S(=O)(=O)N2CCS[C@@H]2c2cccc(Cl)c2)cc1. The number of hydrogen-bond acceptors (Lipinski definition) is 4. The summed E-state index contributed by atoms with van der Waals surface area (Å²) in [6.45, 7) is 0.482. The molecule has 1 atom stereocenters. The number of halogens is 1. The van der Waals surface area contributed by atoms with Gasteiger partial charge in [-0.25, -0.2) is 8.42 Å². The van der Waals surface area contributed by atoms with Crippen LogP contribution in [0.3, 0.4) is 0 Å². The standard InChI is InChI=1S/C16H16ClNO3S2/c1-21-14-5-7-15(8-6-14)23(19,20)18-9-10-22-16(18)12-3-2-4-13(17)11-12/h2-8,11,16H,9-10H2,1H3/t16-/m1/s1. The van der Waals surface area contributed by atoms with Gasteiger partial charge in [0.1, 0.15) is 5.75 Å². The van der Waals surface area contributed by atoms with Gasteiger partial charge in [-0.15, -0.1) is 11.8 Å². The normalized spacial score (nSPS) is 19.0. The lowest BCUT2D eigenvalue weighted by Gasteiger charge is -2.23. The van der Waals surface area contributed by atoms with Crippen LogP contribution < -0.4 is 4.74 Å². The van der Waals surface area contributed by atoms with Crippen molar-refractivity contribution in [3.8, 4) is 5.75 Å². The highest BCUT2D eigenvalue weighted by Crippen LogP contribution is 2.41. The van der Waals surface area contributed by atoms with Crippen molar-refractivity contribution >= 4 is 33.4 Å². The van der Waals surface area contributed by atoms with Crippen LogP contribution in [-0.4, -0.2) is 32.1 Å². The van der Waals surface area contributed by atoms with E-state index in [0.717, 1.165) is 11.3 Å². The summed E-state index contributed by atoms with van der Waals surface area (Å²) in [5, 5.41) is 0.359. The largest absolute Gasteiger partial charge is 0.497 e. The zero-order valence-electron chi connectivity index (χ0n) is 12.5. The van der Waals surface area contributed by atoms with Gasteiger partial charge in [0.05, 0.1) is 17.4 Å². The summed E-state index contributed by atoms with van der Waals surface area (Å²) in [7, 11) is -2.01. The first-order chi connectivity index (χ1) is 11.0. The molecule has 1 aliphatic heterocycles. The fourth-order valence-electron chi connectivity index (χ4n) is 2.51. The molecule has 1 saturated heterocycles. The van der Waals surface area contributed by atoms with Crippen LogP contribution in [0.15, 0.2) is 53.4 Å². The maximum atomic E-state index is 12.9. The second-order valence-corrected chi connectivity index (χ2v) is 8.58. The van der Waals surface area contributed by atoms with Gasteiger partial charge in [0.2, 0.25) is 10.0 Å². The minimum Gasteiger partial charge on any atom is -0.497 e. The van der Waals surface area contributed by atoms with Gasteiger partial charge in [-0.3, -0.25) is 0 Å². The van der Waals surface area contributed by atoms with E-state index < -0.39 is 10.0 Å². The Bertz CT molecular complexity index is 793. The van der Waals surface area contributed by atoms with Gasteiger partial charge in [-0.1, -0.05) is 23.7 Å². The molecule has 0 unspecified atom stereocenters. The highest BCUT2D eigenvalue weighted by Gasteiger charge is 2.36. The summed E-state index contributed by atoms with van der Waals surface area (Å²) >= 11 is 7.65. The smallest absolute Gasteiger partial charge is 0.244 e. The fourth-order valence-corrected chi connectivity index (χ4v) is 5.94. The molecule has 0 spiro atoms. The molecule has 0 amide bonds. The van der Waals surface area contributed by atoms with Crippen molar-refractivity contribution < 1.29 is 13.2 Å². The van der Waals surface area contributed by atoms with Crippen LogP contribution in [0.5, 0.6) is 5.75 Å². The zero-order chi connectivity index (χ0) is 16.4. The molecule has 122 valence electrons. The van der Waals surface area contributed by atoms with E-state index in [0.29, 0.717) is 17.3 Å². The summed E-state index contributed by atoms with van der Waals surface area (Å²) in [6.07, 6.45) is 0. The maximum absolute atomic E-state index is 12.9. The van der Waals surface area contributed by atoms with Crippen molar-refractivity contribution in [1.82, 2.24) is 4.31 Å². The van der Waals surface area contributed by atoms with Gasteiger partial charge >= 0.3 is 0 Å². The number of methoxy groups -OCH3 is 1. The summed E-state index contributed by atoms with van der Waals surface area (Å²) in [4.78, 5) is 0.271. The van der Waals surface area contributed by atoms with Gasteiger partial charge in [0.25, 0.3) is 0 Å². The number of benzene rings is 2. The molecule has 0 saturated carbocycles. The Balaban J connectivity index is 1.94. The van der Waals surface area contributed by atoms with Crippen LogP contribution in [0.25, 0.3) is 0 Å².